The second-order valence-electron chi connectivity index (χ2n) is 7.76. The Balaban J connectivity index is 1.68. The molecule has 0 unspecified atom stereocenters. The van der Waals surface area contributed by atoms with Crippen LogP contribution < -0.4 is 4.74 Å². The van der Waals surface area contributed by atoms with Crippen LogP contribution in [-0.2, 0) is 6.54 Å². The predicted octanol–water partition coefficient (Wildman–Crippen LogP) is 5.00. The third-order valence-electron chi connectivity index (χ3n) is 5.07. The number of fused-ring (bicyclic) bond motifs is 2. The molecular weight excluding hydrogens is 446 g/mol. The summed E-state index contributed by atoms with van der Waals surface area (Å²) in [6.07, 6.45) is 5.05. The molecule has 0 fully saturated rings. The van der Waals surface area contributed by atoms with Crippen molar-refractivity contribution >= 4 is 34.0 Å². The van der Waals surface area contributed by atoms with Gasteiger partial charge in [0.1, 0.15) is 23.5 Å². The number of methoxy groups -OCH3 is 1. The van der Waals surface area contributed by atoms with E-state index in [2.05, 4.69) is 33.8 Å². The first-order valence-electron chi connectivity index (χ1n) is 10.3. The highest BCUT2D eigenvalue weighted by Crippen LogP contribution is 2.30. The fourth-order valence-corrected chi connectivity index (χ4v) is 4.60. The number of thioether (sulfide) groups is 1. The molecule has 0 radical (unpaired) electrons. The largest absolute Gasteiger partial charge is 0.479 e. The molecule has 7 nitrogen and oxygen atoms in total. The van der Waals surface area contributed by atoms with Crippen molar-refractivity contribution in [3.8, 4) is 11.6 Å². The van der Waals surface area contributed by atoms with E-state index in [-0.39, 0.29) is 11.8 Å². The Kier molecular flexibility index (Phi) is 5.45. The molecule has 0 N–H and O–H groups in total. The van der Waals surface area contributed by atoms with Crippen LogP contribution in [0.2, 0.25) is 0 Å². The number of halogens is 2. The summed E-state index contributed by atoms with van der Waals surface area (Å²) in [4.78, 5) is 17.8. The average molecular weight is 467 g/mol. The summed E-state index contributed by atoms with van der Waals surface area (Å²) in [6, 6.07) is 7.35. The molecule has 10 heteroatoms. The number of aromatic nitrogens is 6. The second-order valence-corrected chi connectivity index (χ2v) is 9.31. The lowest BCUT2D eigenvalue weighted by atomic mass is 10.2. The molecule has 0 atom stereocenters. The lowest BCUT2D eigenvalue weighted by Crippen LogP contribution is -2.05. The van der Waals surface area contributed by atoms with Crippen molar-refractivity contribution in [2.75, 3.05) is 7.11 Å². The number of imidazole rings is 1. The Morgan fingerprint density at radius 1 is 1.06 bits per heavy atom. The third kappa shape index (κ3) is 4.02. The van der Waals surface area contributed by atoms with Gasteiger partial charge >= 0.3 is 0 Å². The molecule has 0 aliphatic heterocycles. The van der Waals surface area contributed by atoms with Crippen molar-refractivity contribution in [2.45, 2.75) is 30.8 Å². The quantitative estimate of drug-likeness (QED) is 0.328. The average Bonchev–Trinajstić information content (AvgIpc) is 3.34. The lowest BCUT2D eigenvalue weighted by molar-refractivity contribution is 0.401. The molecular formula is C23H20F2N6OS. The Bertz CT molecular complexity index is 1460. The van der Waals surface area contributed by atoms with Crippen molar-refractivity contribution in [1.29, 1.82) is 0 Å². The highest BCUT2D eigenvalue weighted by molar-refractivity contribution is 7.99. The van der Waals surface area contributed by atoms with Gasteiger partial charge in [-0.1, -0.05) is 25.6 Å². The van der Waals surface area contributed by atoms with Gasteiger partial charge in [0.15, 0.2) is 10.8 Å². The number of nitrogens with zero attached hydrogens (tertiary/aromatic N) is 6. The van der Waals surface area contributed by atoms with E-state index in [4.69, 9.17) is 4.74 Å². The van der Waals surface area contributed by atoms with Gasteiger partial charge in [-0.2, -0.15) is 4.98 Å². The van der Waals surface area contributed by atoms with Crippen molar-refractivity contribution in [2.24, 2.45) is 0 Å². The van der Waals surface area contributed by atoms with E-state index < -0.39 is 11.6 Å². The molecule has 4 heterocycles. The van der Waals surface area contributed by atoms with Crippen LogP contribution in [0.3, 0.4) is 0 Å². The van der Waals surface area contributed by atoms with E-state index >= 15 is 0 Å². The molecule has 0 amide bonds. The molecule has 4 aromatic heterocycles. The van der Waals surface area contributed by atoms with Gasteiger partial charge in [0.05, 0.1) is 36.6 Å². The number of hydrogen-bond donors (Lipinski definition) is 0. The summed E-state index contributed by atoms with van der Waals surface area (Å²) in [5.74, 6) is -0.778. The third-order valence-corrected chi connectivity index (χ3v) is 6.06. The minimum absolute atomic E-state index is 0.254. The van der Waals surface area contributed by atoms with Crippen LogP contribution in [0.5, 0.6) is 5.88 Å². The van der Waals surface area contributed by atoms with Gasteiger partial charge in [-0.15, -0.1) is 0 Å². The molecule has 0 saturated heterocycles. The smallest absolute Gasteiger partial charge is 0.241 e. The maximum absolute atomic E-state index is 13.8. The fraction of sp³-hybridized carbons (Fsp3) is 0.217. The number of rotatable bonds is 6. The van der Waals surface area contributed by atoms with Crippen molar-refractivity contribution in [1.82, 2.24) is 29.1 Å². The molecule has 0 aliphatic rings. The highest BCUT2D eigenvalue weighted by Gasteiger charge is 2.18. The van der Waals surface area contributed by atoms with Crippen LogP contribution in [0.15, 0.2) is 54.2 Å². The number of ether oxygens (including phenoxy) is 1. The van der Waals surface area contributed by atoms with Gasteiger partial charge in [-0.05, 0) is 29.8 Å². The van der Waals surface area contributed by atoms with E-state index in [1.165, 1.54) is 18.5 Å². The first-order valence-corrected chi connectivity index (χ1v) is 11.1. The van der Waals surface area contributed by atoms with Gasteiger partial charge in [0.2, 0.25) is 5.88 Å². The monoisotopic (exact) mass is 466 g/mol. The predicted molar refractivity (Wildman–Crippen MR) is 123 cm³/mol. The first-order chi connectivity index (χ1) is 15.9. The van der Waals surface area contributed by atoms with E-state index in [1.54, 1.807) is 25.1 Å². The van der Waals surface area contributed by atoms with Crippen LogP contribution in [0.25, 0.3) is 27.9 Å². The van der Waals surface area contributed by atoms with E-state index in [0.717, 1.165) is 33.5 Å². The SMILES string of the molecule is COc1ncnc2ccn(-c3cnc4nc(SC(C)C)n(Cc5cc(F)cc(F)c5)c4c3)c12. The summed E-state index contributed by atoms with van der Waals surface area (Å²) < 4.78 is 36.9. The van der Waals surface area contributed by atoms with Gasteiger partial charge in [-0.3, -0.25) is 0 Å². The van der Waals surface area contributed by atoms with E-state index in [9.17, 15) is 8.78 Å². The summed E-state index contributed by atoms with van der Waals surface area (Å²) in [6.45, 7) is 4.38. The Morgan fingerprint density at radius 3 is 2.58 bits per heavy atom. The maximum atomic E-state index is 13.8. The van der Waals surface area contributed by atoms with Crippen LogP contribution in [0.4, 0.5) is 8.78 Å². The van der Waals surface area contributed by atoms with Gasteiger partial charge in [0, 0.05) is 17.5 Å². The van der Waals surface area contributed by atoms with Crippen LogP contribution in [0.1, 0.15) is 19.4 Å². The zero-order valence-corrected chi connectivity index (χ0v) is 19.0. The van der Waals surface area contributed by atoms with Crippen molar-refractivity contribution in [3.63, 3.8) is 0 Å². The van der Waals surface area contributed by atoms with Gasteiger partial charge < -0.3 is 13.9 Å². The normalized spacial score (nSPS) is 11.7. The summed E-state index contributed by atoms with van der Waals surface area (Å²) in [5.41, 5.74) is 4.02. The molecule has 0 aliphatic carbocycles. The Labute approximate surface area is 192 Å². The fourth-order valence-electron chi connectivity index (χ4n) is 3.75. The highest BCUT2D eigenvalue weighted by atomic mass is 32.2. The van der Waals surface area contributed by atoms with Crippen LogP contribution >= 0.6 is 11.8 Å². The zero-order chi connectivity index (χ0) is 23.1. The van der Waals surface area contributed by atoms with Gasteiger partial charge in [-0.25, -0.2) is 23.7 Å². The molecule has 0 saturated carbocycles. The van der Waals surface area contributed by atoms with Crippen molar-refractivity contribution in [3.05, 3.63) is 66.3 Å². The molecule has 0 spiro atoms. The number of hydrogen-bond acceptors (Lipinski definition) is 6. The molecule has 33 heavy (non-hydrogen) atoms. The summed E-state index contributed by atoms with van der Waals surface area (Å²) in [5, 5.41) is 0.992. The maximum Gasteiger partial charge on any atom is 0.241 e. The minimum atomic E-state index is -0.614. The lowest BCUT2D eigenvalue weighted by Gasteiger charge is -2.12. The molecule has 168 valence electrons. The second kappa shape index (κ2) is 8.43. The first kappa shape index (κ1) is 21.3. The standard InChI is InChI=1S/C23H20F2N6OS/c1-13(2)33-23-29-21-19(31(23)11-14-6-15(24)8-16(25)7-14)9-17(10-26-21)30-5-4-18-20(30)22(32-3)28-12-27-18/h4-10,12-13H,11H2,1-3H3. The molecule has 5 aromatic rings. The minimum Gasteiger partial charge on any atom is -0.479 e. The van der Waals surface area contributed by atoms with Crippen LogP contribution in [0, 0.1) is 11.6 Å². The summed E-state index contributed by atoms with van der Waals surface area (Å²) >= 11 is 1.57. The molecule has 0 bridgehead atoms. The molecule has 5 rings (SSSR count). The number of benzene rings is 1. The van der Waals surface area contributed by atoms with E-state index in [1.807, 2.05) is 27.5 Å². The topological polar surface area (TPSA) is 70.7 Å². The van der Waals surface area contributed by atoms with Gasteiger partial charge in [0.25, 0.3) is 0 Å². The Hall–Kier alpha value is -3.53. The van der Waals surface area contributed by atoms with E-state index in [0.29, 0.717) is 17.1 Å². The van der Waals surface area contributed by atoms with Crippen molar-refractivity contribution < 1.29 is 13.5 Å². The van der Waals surface area contributed by atoms with Crippen LogP contribution in [-0.4, -0.2) is 41.4 Å². The number of pyridine rings is 1. The molecule has 1 aromatic carbocycles. The summed E-state index contributed by atoms with van der Waals surface area (Å²) in [7, 11) is 1.56. The Morgan fingerprint density at radius 2 is 1.85 bits per heavy atom. The zero-order valence-electron chi connectivity index (χ0n) is 18.2.